The first-order valence-electron chi connectivity index (χ1n) is 7.94. The van der Waals surface area contributed by atoms with Crippen molar-refractivity contribution in [1.29, 1.82) is 0 Å². The Balaban J connectivity index is 1.39. The van der Waals surface area contributed by atoms with Crippen molar-refractivity contribution in [3.63, 3.8) is 0 Å². The van der Waals surface area contributed by atoms with Gasteiger partial charge >= 0.3 is 0 Å². The van der Waals surface area contributed by atoms with Gasteiger partial charge in [-0.25, -0.2) is 0 Å². The Morgan fingerprint density at radius 2 is 2.06 bits per heavy atom. The largest absolute Gasteiger partial charge is 0.390 e. The Bertz CT molecular complexity index is 280. The number of hydrogen-bond donors (Lipinski definition) is 2. The highest BCUT2D eigenvalue weighted by Crippen LogP contribution is 2.39. The lowest BCUT2D eigenvalue weighted by atomic mass is 9.71. The zero-order valence-corrected chi connectivity index (χ0v) is 11.5. The third kappa shape index (κ3) is 3.06. The summed E-state index contributed by atoms with van der Waals surface area (Å²) in [6.07, 6.45) is 9.90. The van der Waals surface area contributed by atoms with Gasteiger partial charge in [0.1, 0.15) is 0 Å². The smallest absolute Gasteiger partial charge is 0.0700 e. The van der Waals surface area contributed by atoms with Gasteiger partial charge in [-0.05, 0) is 51.6 Å². The number of nitrogens with zero attached hydrogens (tertiary/aromatic N) is 1. The number of likely N-dealkylation sites (tertiary alicyclic amines) is 1. The fourth-order valence-corrected chi connectivity index (χ4v) is 3.74. The zero-order chi connectivity index (χ0) is 12.4. The summed E-state index contributed by atoms with van der Waals surface area (Å²) in [5, 5.41) is 14.2. The zero-order valence-electron chi connectivity index (χ0n) is 11.5. The summed E-state index contributed by atoms with van der Waals surface area (Å²) in [7, 11) is 0. The van der Waals surface area contributed by atoms with Crippen molar-refractivity contribution in [2.45, 2.75) is 63.0 Å². The summed E-state index contributed by atoms with van der Waals surface area (Å²) in [6, 6.07) is 0.842. The number of aliphatic hydroxyl groups is 1. The molecule has 0 amide bonds. The van der Waals surface area contributed by atoms with Crippen LogP contribution in [0.4, 0.5) is 0 Å². The van der Waals surface area contributed by atoms with E-state index in [2.05, 4.69) is 10.2 Å². The highest BCUT2D eigenvalue weighted by molar-refractivity contribution is 4.95. The van der Waals surface area contributed by atoms with E-state index in [9.17, 15) is 5.11 Å². The topological polar surface area (TPSA) is 35.5 Å². The van der Waals surface area contributed by atoms with Crippen LogP contribution in [0.15, 0.2) is 0 Å². The van der Waals surface area contributed by atoms with Gasteiger partial charge in [0.15, 0.2) is 0 Å². The monoisotopic (exact) mass is 252 g/mol. The molecular weight excluding hydrogens is 224 g/mol. The second-order valence-electron chi connectivity index (χ2n) is 6.68. The molecule has 3 fully saturated rings. The maximum atomic E-state index is 10.6. The van der Waals surface area contributed by atoms with Crippen molar-refractivity contribution < 1.29 is 5.11 Å². The molecule has 2 N–H and O–H groups in total. The maximum Gasteiger partial charge on any atom is 0.0700 e. The molecule has 3 aliphatic rings. The summed E-state index contributed by atoms with van der Waals surface area (Å²) in [5.41, 5.74) is -0.305. The second-order valence-corrected chi connectivity index (χ2v) is 6.68. The Labute approximate surface area is 111 Å². The molecule has 0 spiro atoms. The Morgan fingerprint density at radius 3 is 2.89 bits per heavy atom. The molecule has 0 aromatic heterocycles. The first-order valence-corrected chi connectivity index (χ1v) is 7.94. The van der Waals surface area contributed by atoms with E-state index in [4.69, 9.17) is 0 Å². The van der Waals surface area contributed by atoms with Crippen LogP contribution in [0.2, 0.25) is 0 Å². The normalized spacial score (nSPS) is 37.5. The summed E-state index contributed by atoms with van der Waals surface area (Å²) in [6.45, 7) is 4.64. The molecule has 0 bridgehead atoms. The van der Waals surface area contributed by atoms with Gasteiger partial charge in [0.25, 0.3) is 0 Å². The summed E-state index contributed by atoms with van der Waals surface area (Å²) in [4.78, 5) is 2.58. The molecule has 1 saturated heterocycles. The van der Waals surface area contributed by atoms with Crippen molar-refractivity contribution >= 4 is 0 Å². The molecule has 2 aliphatic carbocycles. The van der Waals surface area contributed by atoms with Crippen molar-refractivity contribution in [3.05, 3.63) is 0 Å². The number of nitrogens with one attached hydrogen (secondary N) is 1. The lowest BCUT2D eigenvalue weighted by molar-refractivity contribution is -0.0952. The summed E-state index contributed by atoms with van der Waals surface area (Å²) in [5.74, 6) is 0.552. The second kappa shape index (κ2) is 5.48. The minimum absolute atomic E-state index is 0.305. The number of hydrogen-bond acceptors (Lipinski definition) is 3. The van der Waals surface area contributed by atoms with Crippen LogP contribution in [0.3, 0.4) is 0 Å². The Hall–Kier alpha value is -0.120. The van der Waals surface area contributed by atoms with Crippen LogP contribution in [0, 0.1) is 5.92 Å². The molecule has 0 aromatic carbocycles. The highest BCUT2D eigenvalue weighted by atomic mass is 16.3. The van der Waals surface area contributed by atoms with E-state index in [0.29, 0.717) is 5.92 Å². The van der Waals surface area contributed by atoms with Gasteiger partial charge in [0.05, 0.1) is 5.60 Å². The van der Waals surface area contributed by atoms with Crippen molar-refractivity contribution in [2.24, 2.45) is 5.92 Å². The third-order valence-electron chi connectivity index (χ3n) is 5.17. The van der Waals surface area contributed by atoms with Crippen LogP contribution in [-0.4, -0.2) is 47.8 Å². The quantitative estimate of drug-likeness (QED) is 0.732. The van der Waals surface area contributed by atoms with E-state index in [1.54, 1.807) is 0 Å². The lowest BCUT2D eigenvalue weighted by Gasteiger charge is -2.47. The van der Waals surface area contributed by atoms with Crippen LogP contribution in [0.25, 0.3) is 0 Å². The SMILES string of the molecule is OC12CCCCC1CN(CCCNC1CC1)CC2. The predicted molar refractivity (Wildman–Crippen MR) is 73.6 cm³/mol. The average molecular weight is 252 g/mol. The minimum Gasteiger partial charge on any atom is -0.390 e. The van der Waals surface area contributed by atoms with E-state index >= 15 is 0 Å². The van der Waals surface area contributed by atoms with Gasteiger partial charge in [0, 0.05) is 25.0 Å². The predicted octanol–water partition coefficient (Wildman–Crippen LogP) is 1.76. The molecule has 3 heteroatoms. The molecule has 3 nitrogen and oxygen atoms in total. The molecule has 0 aromatic rings. The molecule has 18 heavy (non-hydrogen) atoms. The van der Waals surface area contributed by atoms with Gasteiger partial charge in [-0.1, -0.05) is 12.8 Å². The lowest BCUT2D eigenvalue weighted by Crippen LogP contribution is -2.53. The van der Waals surface area contributed by atoms with E-state index in [1.807, 2.05) is 0 Å². The average Bonchev–Trinajstić information content (AvgIpc) is 3.18. The van der Waals surface area contributed by atoms with E-state index in [-0.39, 0.29) is 5.60 Å². The van der Waals surface area contributed by atoms with Crippen LogP contribution in [0.1, 0.15) is 51.4 Å². The number of piperidine rings is 1. The van der Waals surface area contributed by atoms with Gasteiger partial charge in [-0.3, -0.25) is 0 Å². The summed E-state index contributed by atoms with van der Waals surface area (Å²) < 4.78 is 0. The first-order chi connectivity index (χ1) is 8.76. The summed E-state index contributed by atoms with van der Waals surface area (Å²) >= 11 is 0. The van der Waals surface area contributed by atoms with E-state index < -0.39 is 0 Å². The minimum atomic E-state index is -0.305. The fourth-order valence-electron chi connectivity index (χ4n) is 3.74. The molecular formula is C15H28N2O. The van der Waals surface area contributed by atoms with E-state index in [1.165, 1.54) is 51.6 Å². The molecule has 104 valence electrons. The van der Waals surface area contributed by atoms with Crippen LogP contribution < -0.4 is 5.32 Å². The van der Waals surface area contributed by atoms with Crippen LogP contribution in [0.5, 0.6) is 0 Å². The van der Waals surface area contributed by atoms with Gasteiger partial charge < -0.3 is 15.3 Å². The molecule has 3 rings (SSSR count). The molecule has 1 aliphatic heterocycles. The maximum absolute atomic E-state index is 10.6. The van der Waals surface area contributed by atoms with Gasteiger partial charge in [-0.2, -0.15) is 0 Å². The first kappa shape index (κ1) is 12.9. The Kier molecular flexibility index (Phi) is 3.92. The van der Waals surface area contributed by atoms with E-state index in [0.717, 1.165) is 32.0 Å². The molecule has 1 heterocycles. The highest BCUT2D eigenvalue weighted by Gasteiger charge is 2.42. The molecule has 2 unspecified atom stereocenters. The van der Waals surface area contributed by atoms with Crippen LogP contribution >= 0.6 is 0 Å². The molecule has 0 radical (unpaired) electrons. The van der Waals surface area contributed by atoms with Gasteiger partial charge in [-0.15, -0.1) is 0 Å². The number of fused-ring (bicyclic) bond motifs is 1. The van der Waals surface area contributed by atoms with Crippen LogP contribution in [-0.2, 0) is 0 Å². The fraction of sp³-hybridized carbons (Fsp3) is 1.00. The number of rotatable bonds is 5. The van der Waals surface area contributed by atoms with Crippen molar-refractivity contribution in [3.8, 4) is 0 Å². The Morgan fingerprint density at radius 1 is 1.17 bits per heavy atom. The standard InChI is InChI=1S/C15H28N2O/c18-15-7-2-1-4-13(15)12-17(11-8-15)10-3-9-16-14-5-6-14/h13-14,16,18H,1-12H2. The van der Waals surface area contributed by atoms with Crippen molar-refractivity contribution in [2.75, 3.05) is 26.2 Å². The third-order valence-corrected chi connectivity index (χ3v) is 5.17. The van der Waals surface area contributed by atoms with Gasteiger partial charge in [0.2, 0.25) is 0 Å². The van der Waals surface area contributed by atoms with Crippen molar-refractivity contribution in [1.82, 2.24) is 10.2 Å². The molecule has 2 atom stereocenters. The molecule has 2 saturated carbocycles.